The lowest BCUT2D eigenvalue weighted by Crippen LogP contribution is -2.38. The van der Waals surface area contributed by atoms with Crippen molar-refractivity contribution in [3.8, 4) is 5.75 Å². The number of rotatable bonds is 8. The summed E-state index contributed by atoms with van der Waals surface area (Å²) in [7, 11) is 0. The van der Waals surface area contributed by atoms with Gasteiger partial charge in [0.1, 0.15) is 27.7 Å². The normalized spacial score (nSPS) is 15.8. The van der Waals surface area contributed by atoms with Gasteiger partial charge in [-0.05, 0) is 93.0 Å². The third-order valence-corrected chi connectivity index (χ3v) is 7.65. The number of hydrogen-bond acceptors (Lipinski definition) is 9. The molecule has 0 radical (unpaired) electrons. The maximum Gasteiger partial charge on any atom is 0.225 e. The van der Waals surface area contributed by atoms with E-state index in [-0.39, 0.29) is 35.4 Å². The lowest BCUT2D eigenvalue weighted by molar-refractivity contribution is 0.211. The molecule has 0 unspecified atom stereocenters. The summed E-state index contributed by atoms with van der Waals surface area (Å²) in [5.41, 5.74) is 2.47. The SMILES string of the molecule is CCOc1cc(CN2CCC(Nc3cc(Cl)nc(Cl)n3)CC2)ccc1C.Cl.Cl.Clc1cc(NC2CCNCC2)nc(Cl)n1. The molecule has 1 aromatic carbocycles. The van der Waals surface area contributed by atoms with Crippen LogP contribution in [0.2, 0.25) is 20.9 Å². The summed E-state index contributed by atoms with van der Waals surface area (Å²) < 4.78 is 5.71. The van der Waals surface area contributed by atoms with Gasteiger partial charge in [0, 0.05) is 43.9 Å². The van der Waals surface area contributed by atoms with Crippen LogP contribution in [0.25, 0.3) is 0 Å². The van der Waals surface area contributed by atoms with Crippen LogP contribution in [0.1, 0.15) is 43.7 Å². The van der Waals surface area contributed by atoms with E-state index < -0.39 is 0 Å². The summed E-state index contributed by atoms with van der Waals surface area (Å²) in [4.78, 5) is 18.4. The van der Waals surface area contributed by atoms with Gasteiger partial charge in [0.05, 0.1) is 6.61 Å². The Kier molecular flexibility index (Phi) is 16.7. The van der Waals surface area contributed by atoms with E-state index in [1.54, 1.807) is 12.1 Å². The molecule has 0 atom stereocenters. The van der Waals surface area contributed by atoms with E-state index in [1.807, 2.05) is 6.92 Å². The van der Waals surface area contributed by atoms with Crippen LogP contribution in [0.3, 0.4) is 0 Å². The third kappa shape index (κ3) is 12.8. The van der Waals surface area contributed by atoms with Crippen LogP contribution < -0.4 is 20.7 Å². The van der Waals surface area contributed by atoms with E-state index in [0.717, 1.165) is 64.2 Å². The molecule has 2 aromatic heterocycles. The Morgan fingerprint density at radius 1 is 0.814 bits per heavy atom. The molecular weight excluding hydrogens is 677 g/mol. The fourth-order valence-electron chi connectivity index (χ4n) is 4.86. The summed E-state index contributed by atoms with van der Waals surface area (Å²) >= 11 is 23.3. The molecule has 3 N–H and O–H groups in total. The number of ether oxygens (including phenoxy) is 1. The molecule has 9 nitrogen and oxygen atoms in total. The van der Waals surface area contributed by atoms with Crippen LogP contribution >= 0.6 is 71.2 Å². The van der Waals surface area contributed by atoms with Crippen molar-refractivity contribution in [2.24, 2.45) is 0 Å². The van der Waals surface area contributed by atoms with Crippen LogP contribution in [0, 0.1) is 6.92 Å². The lowest BCUT2D eigenvalue weighted by atomic mass is 10.0. The molecule has 0 amide bonds. The summed E-state index contributed by atoms with van der Waals surface area (Å²) in [6.07, 6.45) is 4.26. The molecule has 2 aliphatic heterocycles. The van der Waals surface area contributed by atoms with Gasteiger partial charge in [0.25, 0.3) is 0 Å². The van der Waals surface area contributed by atoms with Crippen molar-refractivity contribution in [3.05, 3.63) is 62.3 Å². The van der Waals surface area contributed by atoms with E-state index in [2.05, 4.69) is 65.9 Å². The van der Waals surface area contributed by atoms with Gasteiger partial charge in [-0.2, -0.15) is 0 Å². The Labute approximate surface area is 286 Å². The maximum atomic E-state index is 5.93. The zero-order chi connectivity index (χ0) is 29.2. The molecular formula is C28H38Cl6N8O. The fraction of sp³-hybridized carbons (Fsp3) is 0.500. The van der Waals surface area contributed by atoms with Crippen molar-refractivity contribution >= 4 is 82.9 Å². The minimum absolute atomic E-state index is 0. The highest BCUT2D eigenvalue weighted by Crippen LogP contribution is 2.23. The van der Waals surface area contributed by atoms with E-state index in [9.17, 15) is 0 Å². The van der Waals surface area contributed by atoms with Crippen LogP contribution in [-0.2, 0) is 6.54 Å². The molecule has 5 rings (SSSR count). The summed E-state index contributed by atoms with van der Waals surface area (Å²) in [5, 5.41) is 11.1. The van der Waals surface area contributed by atoms with Gasteiger partial charge in [0.2, 0.25) is 10.6 Å². The minimum atomic E-state index is 0. The van der Waals surface area contributed by atoms with Crippen molar-refractivity contribution in [3.63, 3.8) is 0 Å². The van der Waals surface area contributed by atoms with E-state index >= 15 is 0 Å². The molecule has 0 bridgehead atoms. The number of anilines is 2. The molecule has 0 aliphatic carbocycles. The van der Waals surface area contributed by atoms with Crippen LogP contribution in [-0.4, -0.2) is 69.7 Å². The van der Waals surface area contributed by atoms with Crippen molar-refractivity contribution in [2.45, 2.75) is 58.2 Å². The van der Waals surface area contributed by atoms with Crippen molar-refractivity contribution in [1.82, 2.24) is 30.2 Å². The number of benzene rings is 1. The number of aryl methyl sites for hydroxylation is 1. The van der Waals surface area contributed by atoms with E-state index in [0.29, 0.717) is 40.6 Å². The highest BCUT2D eigenvalue weighted by molar-refractivity contribution is 6.32. The number of piperidine rings is 2. The quantitative estimate of drug-likeness (QED) is 0.163. The van der Waals surface area contributed by atoms with Crippen molar-refractivity contribution in [2.75, 3.05) is 43.4 Å². The predicted octanol–water partition coefficient (Wildman–Crippen LogP) is 7.36. The first-order chi connectivity index (χ1) is 19.8. The highest BCUT2D eigenvalue weighted by atomic mass is 35.5. The number of nitrogens with one attached hydrogen (secondary N) is 3. The van der Waals surface area contributed by atoms with Crippen molar-refractivity contribution in [1.29, 1.82) is 0 Å². The number of halogens is 6. The smallest absolute Gasteiger partial charge is 0.225 e. The summed E-state index contributed by atoms with van der Waals surface area (Å²) in [6, 6.07) is 10.7. The molecule has 0 spiro atoms. The zero-order valence-electron chi connectivity index (χ0n) is 24.1. The molecule has 15 heteroatoms. The monoisotopic (exact) mass is 712 g/mol. The van der Waals surface area contributed by atoms with Crippen molar-refractivity contribution < 1.29 is 4.74 Å². The van der Waals surface area contributed by atoms with Gasteiger partial charge in [-0.3, -0.25) is 4.90 Å². The number of aromatic nitrogens is 4. The summed E-state index contributed by atoms with van der Waals surface area (Å²) in [5.74, 6) is 2.37. The third-order valence-electron chi connectivity index (χ3n) is 6.92. The summed E-state index contributed by atoms with van der Waals surface area (Å²) in [6.45, 7) is 9.86. The van der Waals surface area contributed by atoms with E-state index in [4.69, 9.17) is 51.1 Å². The molecule has 0 saturated carbocycles. The standard InChI is InChI=1S/C19H24Cl2N4O.C9H12Cl2N4.2ClH/c1-3-26-16-10-14(5-4-13(16)2)12-25-8-6-15(7-9-25)22-18-11-17(20)23-19(21)24-18;10-7-5-8(15-9(11)14-7)13-6-1-3-12-4-2-6;;/h4-5,10-11,15H,3,6-9,12H2,1-2H3,(H,22,23,24);5-6,12H,1-4H2,(H,13,14,15);2*1H. The molecule has 2 fully saturated rings. The zero-order valence-corrected chi connectivity index (χ0v) is 28.7. The highest BCUT2D eigenvalue weighted by Gasteiger charge is 2.20. The second-order valence-electron chi connectivity index (χ2n) is 10.1. The van der Waals surface area contributed by atoms with Gasteiger partial charge in [0.15, 0.2) is 0 Å². The number of nitrogens with zero attached hydrogens (tertiary/aromatic N) is 5. The van der Waals surface area contributed by atoms with Crippen LogP contribution in [0.4, 0.5) is 11.6 Å². The second kappa shape index (κ2) is 19.1. The van der Waals surface area contributed by atoms with Gasteiger partial charge in [-0.25, -0.2) is 19.9 Å². The maximum absolute atomic E-state index is 5.93. The Hall–Kier alpha value is -1.56. The Morgan fingerprint density at radius 3 is 1.86 bits per heavy atom. The topological polar surface area (TPSA) is 100 Å². The number of likely N-dealkylation sites (tertiary alicyclic amines) is 1. The second-order valence-corrected chi connectivity index (χ2v) is 11.5. The first-order valence-electron chi connectivity index (χ1n) is 13.9. The van der Waals surface area contributed by atoms with Gasteiger partial charge in [-0.15, -0.1) is 24.8 Å². The molecule has 2 saturated heterocycles. The lowest BCUT2D eigenvalue weighted by Gasteiger charge is -2.32. The number of hydrogen-bond donors (Lipinski definition) is 3. The predicted molar refractivity (Wildman–Crippen MR) is 182 cm³/mol. The first kappa shape index (κ1) is 37.6. The van der Waals surface area contributed by atoms with Crippen LogP contribution in [0.15, 0.2) is 30.3 Å². The largest absolute Gasteiger partial charge is 0.494 e. The fourth-order valence-corrected chi connectivity index (χ4v) is 5.68. The van der Waals surface area contributed by atoms with Crippen LogP contribution in [0.5, 0.6) is 5.75 Å². The van der Waals surface area contributed by atoms with Gasteiger partial charge in [-0.1, -0.05) is 35.3 Å². The molecule has 2 aliphatic rings. The molecule has 43 heavy (non-hydrogen) atoms. The Morgan fingerprint density at radius 2 is 1.35 bits per heavy atom. The first-order valence-corrected chi connectivity index (χ1v) is 15.4. The Bertz CT molecular complexity index is 1240. The van der Waals surface area contributed by atoms with Gasteiger partial charge < -0.3 is 20.7 Å². The minimum Gasteiger partial charge on any atom is -0.494 e. The average molecular weight is 715 g/mol. The molecule has 238 valence electrons. The van der Waals surface area contributed by atoms with E-state index in [1.165, 1.54) is 11.1 Å². The molecule has 4 heterocycles. The Balaban J connectivity index is 0.000000325. The average Bonchev–Trinajstić information content (AvgIpc) is 2.92. The van der Waals surface area contributed by atoms with Gasteiger partial charge >= 0.3 is 0 Å². The molecule has 3 aromatic rings.